The van der Waals surface area contributed by atoms with Crippen LogP contribution in [0.25, 0.3) is 0 Å². The summed E-state index contributed by atoms with van der Waals surface area (Å²) in [5.74, 6) is -0.279. The normalized spacial score (nSPS) is 20.8. The molecule has 0 amide bonds. The van der Waals surface area contributed by atoms with E-state index in [2.05, 4.69) is 74.7 Å². The molecule has 43 heavy (non-hydrogen) atoms. The van der Waals surface area contributed by atoms with Gasteiger partial charge in [-0.3, -0.25) is 4.68 Å². The second-order valence-electron chi connectivity index (χ2n) is 13.8. The van der Waals surface area contributed by atoms with Crippen LogP contribution in [0.5, 0.6) is 0 Å². The van der Waals surface area contributed by atoms with E-state index in [0.29, 0.717) is 6.54 Å². The number of ether oxygens (including phenoxy) is 1. The molecule has 1 aliphatic rings. The second kappa shape index (κ2) is 14.5. The number of hydrogen-bond acceptors (Lipinski definition) is 4. The summed E-state index contributed by atoms with van der Waals surface area (Å²) in [5, 5.41) is 7.67. The topological polar surface area (TPSA) is 42.3 Å². The highest BCUT2D eigenvalue weighted by Gasteiger charge is 2.55. The van der Waals surface area contributed by atoms with Crippen LogP contribution in [0.2, 0.25) is 0 Å². The Morgan fingerprint density at radius 1 is 1.05 bits per heavy atom. The van der Waals surface area contributed by atoms with Crippen LogP contribution in [-0.2, 0) is 17.5 Å². The number of anilines is 2. The molecular formula is C35H55F3N4O. The van der Waals surface area contributed by atoms with E-state index in [1.807, 2.05) is 20.8 Å². The SMILES string of the molecule is C=C(Nc1cc(N(CCCC)CCCC)ccc1C1C(CC)C(c2cn(CC(C)(C)C)nc2C(F)(F)F)C1OC)C(C)C. The summed E-state index contributed by atoms with van der Waals surface area (Å²) in [5.41, 5.74) is 3.36. The summed E-state index contributed by atoms with van der Waals surface area (Å²) in [7, 11) is 1.62. The fraction of sp³-hybridized carbons (Fsp3) is 0.686. The van der Waals surface area contributed by atoms with Gasteiger partial charge in [0.15, 0.2) is 5.69 Å². The molecule has 4 unspecified atom stereocenters. The number of methoxy groups -OCH3 is 1. The first-order valence-corrected chi connectivity index (χ1v) is 16.2. The number of nitrogens with one attached hydrogen (secondary N) is 1. The molecule has 242 valence electrons. The van der Waals surface area contributed by atoms with E-state index in [-0.39, 0.29) is 28.7 Å². The summed E-state index contributed by atoms with van der Waals surface area (Å²) in [4.78, 5) is 2.45. The molecule has 3 rings (SSSR count). The smallest absolute Gasteiger partial charge is 0.380 e. The van der Waals surface area contributed by atoms with Gasteiger partial charge < -0.3 is 15.0 Å². The predicted octanol–water partition coefficient (Wildman–Crippen LogP) is 9.86. The zero-order valence-corrected chi connectivity index (χ0v) is 27.9. The Morgan fingerprint density at radius 2 is 1.65 bits per heavy atom. The molecule has 0 spiro atoms. The van der Waals surface area contributed by atoms with E-state index < -0.39 is 23.9 Å². The van der Waals surface area contributed by atoms with Gasteiger partial charge in [-0.15, -0.1) is 0 Å². The fourth-order valence-electron chi connectivity index (χ4n) is 6.40. The highest BCUT2D eigenvalue weighted by molar-refractivity contribution is 5.66. The molecule has 1 N–H and O–H groups in total. The number of nitrogens with zero attached hydrogens (tertiary/aromatic N) is 3. The van der Waals surface area contributed by atoms with Gasteiger partial charge in [0, 0.05) is 67.4 Å². The van der Waals surface area contributed by atoms with E-state index in [9.17, 15) is 13.2 Å². The molecule has 0 bridgehead atoms. The number of benzene rings is 1. The van der Waals surface area contributed by atoms with Crippen LogP contribution in [0.15, 0.2) is 36.7 Å². The van der Waals surface area contributed by atoms with Gasteiger partial charge in [-0.05, 0) is 47.8 Å². The van der Waals surface area contributed by atoms with Crippen LogP contribution in [0, 0.1) is 17.3 Å². The Kier molecular flexibility index (Phi) is 11.8. The maximum absolute atomic E-state index is 14.3. The van der Waals surface area contributed by atoms with E-state index in [1.54, 1.807) is 13.3 Å². The van der Waals surface area contributed by atoms with Crippen molar-refractivity contribution in [2.75, 3.05) is 30.4 Å². The van der Waals surface area contributed by atoms with E-state index in [4.69, 9.17) is 4.74 Å². The van der Waals surface area contributed by atoms with Crippen molar-refractivity contribution in [1.29, 1.82) is 0 Å². The third kappa shape index (κ3) is 8.37. The number of unbranched alkanes of at least 4 members (excludes halogenated alkanes) is 2. The number of aromatic nitrogens is 2. The quantitative estimate of drug-likeness (QED) is 0.220. The van der Waals surface area contributed by atoms with E-state index in [1.165, 1.54) is 4.68 Å². The zero-order valence-electron chi connectivity index (χ0n) is 27.9. The summed E-state index contributed by atoms with van der Waals surface area (Å²) in [6.07, 6.45) is 1.88. The predicted molar refractivity (Wildman–Crippen MR) is 173 cm³/mol. The number of halogens is 3. The number of alkyl halides is 3. The summed E-state index contributed by atoms with van der Waals surface area (Å²) in [6.45, 7) is 23.4. The molecule has 1 heterocycles. The molecule has 1 fully saturated rings. The summed E-state index contributed by atoms with van der Waals surface area (Å²) < 4.78 is 50.5. The Hall–Kier alpha value is -2.48. The lowest BCUT2D eigenvalue weighted by molar-refractivity contribution is -0.144. The highest BCUT2D eigenvalue weighted by atomic mass is 19.4. The molecule has 1 aromatic heterocycles. The van der Waals surface area contributed by atoms with Crippen molar-refractivity contribution in [3.05, 3.63) is 53.5 Å². The summed E-state index contributed by atoms with van der Waals surface area (Å²) >= 11 is 0. The maximum Gasteiger partial charge on any atom is 0.435 e. The molecule has 8 heteroatoms. The van der Waals surface area contributed by atoms with E-state index in [0.717, 1.165) is 67.8 Å². The first kappa shape index (κ1) is 35.0. The van der Waals surface area contributed by atoms with Crippen LogP contribution in [0.3, 0.4) is 0 Å². The lowest BCUT2D eigenvalue weighted by Crippen LogP contribution is -2.49. The lowest BCUT2D eigenvalue weighted by Gasteiger charge is -2.52. The first-order valence-electron chi connectivity index (χ1n) is 16.2. The fourth-order valence-corrected chi connectivity index (χ4v) is 6.40. The van der Waals surface area contributed by atoms with Crippen molar-refractivity contribution in [2.45, 2.75) is 118 Å². The molecule has 0 radical (unpaired) electrons. The van der Waals surface area contributed by atoms with Gasteiger partial charge >= 0.3 is 6.18 Å². The number of hydrogen-bond donors (Lipinski definition) is 1. The summed E-state index contributed by atoms with van der Waals surface area (Å²) in [6, 6.07) is 6.56. The molecular weight excluding hydrogens is 549 g/mol. The van der Waals surface area contributed by atoms with E-state index >= 15 is 0 Å². The zero-order chi connectivity index (χ0) is 32.1. The average molecular weight is 605 g/mol. The molecule has 1 aromatic carbocycles. The monoisotopic (exact) mass is 604 g/mol. The largest absolute Gasteiger partial charge is 0.435 e. The number of rotatable bonds is 15. The first-order chi connectivity index (χ1) is 20.2. The van der Waals surface area contributed by atoms with Crippen molar-refractivity contribution in [1.82, 2.24) is 9.78 Å². The molecule has 0 saturated heterocycles. The third-order valence-electron chi connectivity index (χ3n) is 8.74. The van der Waals surface area contributed by atoms with Gasteiger partial charge in [-0.2, -0.15) is 18.3 Å². The van der Waals surface area contributed by atoms with Gasteiger partial charge in [0.2, 0.25) is 0 Å². The molecule has 0 aliphatic heterocycles. The van der Waals surface area contributed by atoms with Gasteiger partial charge in [-0.1, -0.05) is 87.3 Å². The van der Waals surface area contributed by atoms with Crippen molar-refractivity contribution in [2.24, 2.45) is 17.3 Å². The Morgan fingerprint density at radius 3 is 2.14 bits per heavy atom. The van der Waals surface area contributed by atoms with Crippen LogP contribution in [0.1, 0.15) is 116 Å². The number of allylic oxidation sites excluding steroid dienone is 1. The van der Waals surface area contributed by atoms with Crippen LogP contribution >= 0.6 is 0 Å². The molecule has 2 aromatic rings. The Bertz CT molecular complexity index is 1180. The molecule has 1 aliphatic carbocycles. The van der Waals surface area contributed by atoms with Crippen molar-refractivity contribution in [3.63, 3.8) is 0 Å². The minimum Gasteiger partial charge on any atom is -0.380 e. The molecule has 5 nitrogen and oxygen atoms in total. The second-order valence-corrected chi connectivity index (χ2v) is 13.8. The average Bonchev–Trinajstić information content (AvgIpc) is 3.31. The maximum atomic E-state index is 14.3. The van der Waals surface area contributed by atoms with Gasteiger partial charge in [0.05, 0.1) is 6.10 Å². The lowest BCUT2D eigenvalue weighted by atomic mass is 9.56. The van der Waals surface area contributed by atoms with Crippen molar-refractivity contribution < 1.29 is 17.9 Å². The van der Waals surface area contributed by atoms with Crippen LogP contribution in [-0.4, -0.2) is 36.1 Å². The standard InChI is InChI=1S/C35H55F3N4O/c1-11-14-18-41(19-15-12-2)25-16-17-27(29(20-25)39-24(6)23(4)5)30-26(13-3)31(32(30)43-10)28-21-42(22-34(7,8)9)40-33(28)35(36,37)38/h16-17,20-21,23,26,30-32,39H,6,11-15,18-19,22H2,1-5,7-10H3. The van der Waals surface area contributed by atoms with Gasteiger partial charge in [0.25, 0.3) is 0 Å². The molecule has 4 atom stereocenters. The highest BCUT2D eigenvalue weighted by Crippen LogP contribution is 2.58. The van der Waals surface area contributed by atoms with Gasteiger partial charge in [-0.25, -0.2) is 0 Å². The van der Waals surface area contributed by atoms with Crippen LogP contribution < -0.4 is 10.2 Å². The molecule has 1 saturated carbocycles. The minimum atomic E-state index is -4.54. The van der Waals surface area contributed by atoms with Crippen LogP contribution in [0.4, 0.5) is 24.5 Å². The van der Waals surface area contributed by atoms with Crippen molar-refractivity contribution >= 4 is 11.4 Å². The Labute approximate surface area is 258 Å². The van der Waals surface area contributed by atoms with Crippen molar-refractivity contribution in [3.8, 4) is 0 Å². The van der Waals surface area contributed by atoms with Gasteiger partial charge in [0.1, 0.15) is 0 Å². The Balaban J connectivity index is 2.09. The third-order valence-corrected chi connectivity index (χ3v) is 8.74. The minimum absolute atomic E-state index is 0.0339.